The summed E-state index contributed by atoms with van der Waals surface area (Å²) in [6.45, 7) is 3.84. The van der Waals surface area contributed by atoms with Gasteiger partial charge >= 0.3 is 0 Å². The fourth-order valence-electron chi connectivity index (χ4n) is 4.82. The van der Waals surface area contributed by atoms with Crippen molar-refractivity contribution in [2.24, 2.45) is 5.92 Å². The lowest BCUT2D eigenvalue weighted by molar-refractivity contribution is 0.425. The molecule has 4 nitrogen and oxygen atoms in total. The Balaban J connectivity index is 1.50. The maximum atomic E-state index is 13.2. The number of halogens is 2. The Labute approximate surface area is 204 Å². The first kappa shape index (κ1) is 22.3. The number of hydrogen-bond acceptors (Lipinski definition) is 3. The zero-order chi connectivity index (χ0) is 23.3. The maximum Gasteiger partial charge on any atom is 0.261 e. The summed E-state index contributed by atoms with van der Waals surface area (Å²) in [5.41, 5.74) is 5.48. The van der Waals surface area contributed by atoms with E-state index in [-0.39, 0.29) is 22.8 Å². The molecule has 3 atom stereocenters. The van der Waals surface area contributed by atoms with E-state index in [4.69, 9.17) is 23.2 Å². The zero-order valence-electron chi connectivity index (χ0n) is 18.3. The number of hydrogen-bond donors (Lipinski definition) is 2. The number of allylic oxidation sites excluding steroid dienone is 2. The normalized spacial score (nSPS) is 21.3. The van der Waals surface area contributed by atoms with Crippen LogP contribution in [0.15, 0.2) is 71.6 Å². The molecule has 0 saturated carbocycles. The summed E-state index contributed by atoms with van der Waals surface area (Å²) in [4.78, 5) is 0.260. The predicted octanol–water partition coefficient (Wildman–Crippen LogP) is 7.24. The van der Waals surface area contributed by atoms with Crippen LogP contribution in [0.5, 0.6) is 0 Å². The van der Waals surface area contributed by atoms with Gasteiger partial charge in [0.25, 0.3) is 10.0 Å². The molecule has 1 heterocycles. The molecule has 0 saturated heterocycles. The van der Waals surface area contributed by atoms with Gasteiger partial charge in [0, 0.05) is 11.6 Å². The van der Waals surface area contributed by atoms with Gasteiger partial charge in [0.05, 0.1) is 26.7 Å². The minimum absolute atomic E-state index is 0.0581. The van der Waals surface area contributed by atoms with Crippen LogP contribution in [0, 0.1) is 19.8 Å². The number of sulfonamides is 1. The molecule has 33 heavy (non-hydrogen) atoms. The van der Waals surface area contributed by atoms with Crippen LogP contribution in [0.3, 0.4) is 0 Å². The molecular formula is C26H24Cl2N2O2S. The van der Waals surface area contributed by atoms with Crippen LogP contribution in [-0.4, -0.2) is 8.42 Å². The summed E-state index contributed by atoms with van der Waals surface area (Å²) < 4.78 is 29.2. The van der Waals surface area contributed by atoms with Crippen molar-refractivity contribution in [3.63, 3.8) is 0 Å². The molecule has 0 aromatic heterocycles. The molecule has 5 rings (SSSR count). The Morgan fingerprint density at radius 2 is 1.79 bits per heavy atom. The second-order valence-corrected chi connectivity index (χ2v) is 11.3. The number of nitrogens with one attached hydrogen (secondary N) is 2. The fourth-order valence-corrected chi connectivity index (χ4v) is 6.29. The molecule has 2 aliphatic rings. The highest BCUT2D eigenvalue weighted by atomic mass is 35.5. The quantitative estimate of drug-likeness (QED) is 0.372. The van der Waals surface area contributed by atoms with E-state index in [1.54, 1.807) is 12.1 Å². The standard InChI is InChI=1S/C26H24Cl2N2O2S/c1-15-6-7-16(2)25(12-15)30-33(31,32)18-9-11-24-21(14-18)19-4-3-5-20(19)26(29-24)17-8-10-22(27)23(28)13-17/h3-4,6-14,19-20,26,29-30H,5H2,1-2H3/t19-,20+,26+/m0/s1. The minimum Gasteiger partial charge on any atom is -0.378 e. The van der Waals surface area contributed by atoms with Crippen LogP contribution >= 0.6 is 23.2 Å². The molecule has 7 heteroatoms. The van der Waals surface area contributed by atoms with Gasteiger partial charge in [-0.25, -0.2) is 8.42 Å². The molecule has 1 aliphatic carbocycles. The van der Waals surface area contributed by atoms with Gasteiger partial charge in [0.1, 0.15) is 0 Å². The number of anilines is 2. The third-order valence-corrected chi connectivity index (χ3v) is 8.69. The van der Waals surface area contributed by atoms with Crippen molar-refractivity contribution in [1.29, 1.82) is 0 Å². The third-order valence-electron chi connectivity index (χ3n) is 6.58. The van der Waals surface area contributed by atoms with Crippen LogP contribution in [-0.2, 0) is 10.0 Å². The lowest BCUT2D eigenvalue weighted by Gasteiger charge is -2.37. The molecule has 2 N–H and O–H groups in total. The fraction of sp³-hybridized carbons (Fsp3) is 0.231. The van der Waals surface area contributed by atoms with E-state index < -0.39 is 10.0 Å². The SMILES string of the molecule is Cc1ccc(C)c(NS(=O)(=O)c2ccc3c(c2)[C@H]2C=CC[C@H]2[C@@H](c2ccc(Cl)c(Cl)c2)N3)c1. The Morgan fingerprint density at radius 1 is 0.970 bits per heavy atom. The lowest BCUT2D eigenvalue weighted by atomic mass is 9.77. The predicted molar refractivity (Wildman–Crippen MR) is 136 cm³/mol. The van der Waals surface area contributed by atoms with Crippen molar-refractivity contribution in [3.05, 3.63) is 99.0 Å². The molecule has 0 unspecified atom stereocenters. The molecular weight excluding hydrogens is 475 g/mol. The maximum absolute atomic E-state index is 13.2. The number of rotatable bonds is 4. The topological polar surface area (TPSA) is 58.2 Å². The lowest BCUT2D eigenvalue weighted by Crippen LogP contribution is -2.29. The van der Waals surface area contributed by atoms with Crippen LogP contribution in [0.2, 0.25) is 10.0 Å². The molecule has 170 valence electrons. The average molecular weight is 499 g/mol. The van der Waals surface area contributed by atoms with E-state index in [0.717, 1.165) is 34.4 Å². The molecule has 0 spiro atoms. The zero-order valence-corrected chi connectivity index (χ0v) is 20.6. The Hall–Kier alpha value is -2.47. The number of aryl methyl sites for hydroxylation is 2. The summed E-state index contributed by atoms with van der Waals surface area (Å²) >= 11 is 12.4. The Bertz CT molecular complexity index is 1390. The minimum atomic E-state index is -3.72. The smallest absolute Gasteiger partial charge is 0.261 e. The first-order chi connectivity index (χ1) is 15.7. The van der Waals surface area contributed by atoms with E-state index in [0.29, 0.717) is 15.7 Å². The molecule has 0 amide bonds. The summed E-state index contributed by atoms with van der Waals surface area (Å²) in [5.74, 6) is 0.385. The van der Waals surface area contributed by atoms with E-state index in [2.05, 4.69) is 22.2 Å². The van der Waals surface area contributed by atoms with Gasteiger partial charge in [-0.3, -0.25) is 4.72 Å². The summed E-state index contributed by atoms with van der Waals surface area (Å²) in [6, 6.07) is 16.8. The highest BCUT2D eigenvalue weighted by molar-refractivity contribution is 7.92. The second-order valence-electron chi connectivity index (χ2n) is 8.82. The monoisotopic (exact) mass is 498 g/mol. The molecule has 0 fully saturated rings. The van der Waals surface area contributed by atoms with E-state index in [1.807, 2.05) is 56.3 Å². The average Bonchev–Trinajstić information content (AvgIpc) is 3.27. The molecule has 3 aromatic rings. The van der Waals surface area contributed by atoms with Gasteiger partial charge in [-0.05, 0) is 84.8 Å². The molecule has 1 aliphatic heterocycles. The van der Waals surface area contributed by atoms with Crippen molar-refractivity contribution < 1.29 is 8.42 Å². The largest absolute Gasteiger partial charge is 0.378 e. The van der Waals surface area contributed by atoms with Gasteiger partial charge in [0.15, 0.2) is 0 Å². The van der Waals surface area contributed by atoms with Crippen LogP contribution in [0.4, 0.5) is 11.4 Å². The first-order valence-electron chi connectivity index (χ1n) is 10.8. The molecule has 0 bridgehead atoms. The molecule has 0 radical (unpaired) electrons. The Morgan fingerprint density at radius 3 is 2.58 bits per heavy atom. The van der Waals surface area contributed by atoms with E-state index in [1.165, 1.54) is 0 Å². The summed E-state index contributed by atoms with van der Waals surface area (Å²) in [7, 11) is -3.72. The third kappa shape index (κ3) is 4.14. The molecule has 3 aromatic carbocycles. The van der Waals surface area contributed by atoms with Crippen LogP contribution < -0.4 is 10.0 Å². The van der Waals surface area contributed by atoms with Gasteiger partial charge in [-0.2, -0.15) is 0 Å². The van der Waals surface area contributed by atoms with Crippen LogP contribution in [0.25, 0.3) is 0 Å². The van der Waals surface area contributed by atoms with E-state index >= 15 is 0 Å². The van der Waals surface area contributed by atoms with Gasteiger partial charge in [-0.1, -0.05) is 53.6 Å². The highest BCUT2D eigenvalue weighted by Gasteiger charge is 2.38. The first-order valence-corrected chi connectivity index (χ1v) is 13.1. The summed E-state index contributed by atoms with van der Waals surface area (Å²) in [6.07, 6.45) is 5.26. The van der Waals surface area contributed by atoms with Crippen molar-refractivity contribution >= 4 is 44.6 Å². The summed E-state index contributed by atoms with van der Waals surface area (Å²) in [5, 5.41) is 4.68. The number of fused-ring (bicyclic) bond motifs is 3. The van der Waals surface area contributed by atoms with Crippen molar-refractivity contribution in [2.75, 3.05) is 10.0 Å². The van der Waals surface area contributed by atoms with Gasteiger partial charge in [0.2, 0.25) is 0 Å². The van der Waals surface area contributed by atoms with Crippen molar-refractivity contribution in [2.45, 2.75) is 37.1 Å². The van der Waals surface area contributed by atoms with Gasteiger partial charge in [-0.15, -0.1) is 0 Å². The number of benzene rings is 3. The van der Waals surface area contributed by atoms with Crippen LogP contribution in [0.1, 0.15) is 40.6 Å². The van der Waals surface area contributed by atoms with E-state index in [9.17, 15) is 8.42 Å². The second kappa shape index (κ2) is 8.39. The van der Waals surface area contributed by atoms with Gasteiger partial charge < -0.3 is 5.32 Å². The van der Waals surface area contributed by atoms with Crippen molar-refractivity contribution in [1.82, 2.24) is 0 Å². The Kier molecular flexibility index (Phi) is 5.68. The highest BCUT2D eigenvalue weighted by Crippen LogP contribution is 2.50. The van der Waals surface area contributed by atoms with Crippen molar-refractivity contribution in [3.8, 4) is 0 Å².